The molecule has 96 valence electrons. The second kappa shape index (κ2) is 6.42. The zero-order valence-electron chi connectivity index (χ0n) is 11.0. The number of nitrogens with one attached hydrogen (secondary N) is 1. The summed E-state index contributed by atoms with van der Waals surface area (Å²) < 4.78 is 0. The smallest absolute Gasteiger partial charge is 0.101 e. The van der Waals surface area contributed by atoms with Gasteiger partial charge in [-0.15, -0.1) is 0 Å². The van der Waals surface area contributed by atoms with Gasteiger partial charge in [0.25, 0.3) is 0 Å². The van der Waals surface area contributed by atoms with Gasteiger partial charge in [0, 0.05) is 13.1 Å². The van der Waals surface area contributed by atoms with E-state index >= 15 is 0 Å². The lowest BCUT2D eigenvalue weighted by Crippen LogP contribution is -2.28. The summed E-state index contributed by atoms with van der Waals surface area (Å²) >= 11 is 0. The quantitative estimate of drug-likeness (QED) is 0.864. The normalized spacial score (nSPS) is 17.3. The molecule has 1 aliphatic rings. The summed E-state index contributed by atoms with van der Waals surface area (Å²) in [5.74, 6) is 0.606. The van der Waals surface area contributed by atoms with Crippen LogP contribution >= 0.6 is 0 Å². The zero-order chi connectivity index (χ0) is 12.8. The lowest BCUT2D eigenvalue weighted by atomic mass is 10.1. The van der Waals surface area contributed by atoms with Crippen LogP contribution in [0.25, 0.3) is 0 Å². The van der Waals surface area contributed by atoms with E-state index in [1.54, 1.807) is 0 Å². The van der Waals surface area contributed by atoms with Crippen molar-refractivity contribution in [3.05, 3.63) is 29.8 Å². The van der Waals surface area contributed by atoms with Crippen LogP contribution in [-0.2, 0) is 0 Å². The molecule has 1 heterocycles. The van der Waals surface area contributed by atoms with Crippen LogP contribution < -0.4 is 5.32 Å². The summed E-state index contributed by atoms with van der Waals surface area (Å²) in [6.45, 7) is 6.84. The summed E-state index contributed by atoms with van der Waals surface area (Å²) in [6.07, 6.45) is 2.69. The first-order chi connectivity index (χ1) is 8.79. The number of hydrogen-bond acceptors (Lipinski definition) is 3. The Morgan fingerprint density at radius 3 is 2.78 bits per heavy atom. The summed E-state index contributed by atoms with van der Waals surface area (Å²) in [6, 6.07) is 9.91. The molecule has 1 saturated heterocycles. The van der Waals surface area contributed by atoms with Crippen molar-refractivity contribution >= 4 is 5.69 Å². The molecule has 1 N–H and O–H groups in total. The van der Waals surface area contributed by atoms with E-state index in [9.17, 15) is 0 Å². The highest BCUT2D eigenvalue weighted by molar-refractivity contribution is 5.57. The number of anilines is 1. The van der Waals surface area contributed by atoms with Crippen molar-refractivity contribution < 1.29 is 0 Å². The minimum atomic E-state index is 0.606. The molecule has 0 spiro atoms. The van der Waals surface area contributed by atoms with Gasteiger partial charge in [-0.1, -0.05) is 19.1 Å². The van der Waals surface area contributed by atoms with Crippen LogP contribution in [-0.4, -0.2) is 31.1 Å². The lowest BCUT2D eigenvalue weighted by molar-refractivity contribution is 0.294. The molecule has 0 bridgehead atoms. The molecule has 2 rings (SSSR count). The average molecular weight is 243 g/mol. The highest BCUT2D eigenvalue weighted by atomic mass is 15.1. The van der Waals surface area contributed by atoms with Crippen molar-refractivity contribution in [2.75, 3.05) is 31.5 Å². The topological polar surface area (TPSA) is 39.1 Å². The molecule has 3 nitrogen and oxygen atoms in total. The molecule has 1 aromatic rings. The largest absolute Gasteiger partial charge is 0.384 e. The van der Waals surface area contributed by atoms with Crippen molar-refractivity contribution in [2.24, 2.45) is 5.92 Å². The fourth-order valence-electron chi connectivity index (χ4n) is 2.49. The van der Waals surface area contributed by atoms with Crippen molar-refractivity contribution in [1.82, 2.24) is 4.90 Å². The van der Waals surface area contributed by atoms with Crippen LogP contribution in [0, 0.1) is 17.2 Å². The van der Waals surface area contributed by atoms with E-state index in [0.29, 0.717) is 5.92 Å². The van der Waals surface area contributed by atoms with Crippen LogP contribution in [0.4, 0.5) is 5.69 Å². The summed E-state index contributed by atoms with van der Waals surface area (Å²) in [7, 11) is 0. The Bertz CT molecular complexity index is 416. The lowest BCUT2D eigenvalue weighted by Gasteiger charge is -2.21. The van der Waals surface area contributed by atoms with Gasteiger partial charge in [-0.2, -0.15) is 5.26 Å². The molecule has 1 aliphatic heterocycles. The third-order valence-corrected chi connectivity index (χ3v) is 3.46. The van der Waals surface area contributed by atoms with Crippen molar-refractivity contribution in [3.63, 3.8) is 0 Å². The predicted molar refractivity (Wildman–Crippen MR) is 74.5 cm³/mol. The second-order valence-corrected chi connectivity index (χ2v) is 5.15. The third-order valence-electron chi connectivity index (χ3n) is 3.46. The summed E-state index contributed by atoms with van der Waals surface area (Å²) in [5, 5.41) is 12.4. The minimum absolute atomic E-state index is 0.606. The van der Waals surface area contributed by atoms with Crippen LogP contribution in [0.2, 0.25) is 0 Å². The molecule has 1 unspecified atom stereocenters. The van der Waals surface area contributed by atoms with Gasteiger partial charge in [-0.25, -0.2) is 0 Å². The van der Waals surface area contributed by atoms with E-state index < -0.39 is 0 Å². The standard InChI is InChI=1S/C15H21N3/c1-13(12-18-8-4-5-9-18)11-17-15-7-3-2-6-14(15)10-16/h2-3,6-7,13,17H,4-5,8-9,11-12H2,1H3. The van der Waals surface area contributed by atoms with Crippen molar-refractivity contribution in [2.45, 2.75) is 19.8 Å². The fourth-order valence-corrected chi connectivity index (χ4v) is 2.49. The molecular formula is C15H21N3. The van der Waals surface area contributed by atoms with E-state index in [2.05, 4.69) is 23.2 Å². The molecule has 0 aliphatic carbocycles. The SMILES string of the molecule is CC(CNc1ccccc1C#N)CN1CCCC1. The van der Waals surface area contributed by atoms with Gasteiger partial charge >= 0.3 is 0 Å². The Hall–Kier alpha value is -1.53. The molecule has 1 aromatic carbocycles. The summed E-state index contributed by atoms with van der Waals surface area (Å²) in [4.78, 5) is 2.53. The first-order valence-corrected chi connectivity index (χ1v) is 6.75. The van der Waals surface area contributed by atoms with E-state index in [-0.39, 0.29) is 0 Å². The van der Waals surface area contributed by atoms with E-state index in [4.69, 9.17) is 5.26 Å². The van der Waals surface area contributed by atoms with Gasteiger partial charge < -0.3 is 10.2 Å². The van der Waals surface area contributed by atoms with Crippen molar-refractivity contribution in [1.29, 1.82) is 5.26 Å². The molecule has 0 radical (unpaired) electrons. The maximum Gasteiger partial charge on any atom is 0.101 e. The average Bonchev–Trinajstić information content (AvgIpc) is 2.89. The Balaban J connectivity index is 1.81. The maximum atomic E-state index is 9.02. The first-order valence-electron chi connectivity index (χ1n) is 6.75. The monoisotopic (exact) mass is 243 g/mol. The molecule has 18 heavy (non-hydrogen) atoms. The molecular weight excluding hydrogens is 222 g/mol. The number of para-hydroxylation sites is 1. The number of likely N-dealkylation sites (tertiary alicyclic amines) is 1. The Kier molecular flexibility index (Phi) is 4.60. The van der Waals surface area contributed by atoms with Gasteiger partial charge in [0.15, 0.2) is 0 Å². The number of rotatable bonds is 5. The van der Waals surface area contributed by atoms with Crippen LogP contribution in [0.3, 0.4) is 0 Å². The van der Waals surface area contributed by atoms with E-state index in [1.165, 1.54) is 25.9 Å². The zero-order valence-corrected chi connectivity index (χ0v) is 11.0. The Morgan fingerprint density at radius 1 is 1.33 bits per heavy atom. The Labute approximate surface area is 109 Å². The maximum absolute atomic E-state index is 9.02. The van der Waals surface area contributed by atoms with Gasteiger partial charge in [-0.3, -0.25) is 0 Å². The number of hydrogen-bond donors (Lipinski definition) is 1. The molecule has 3 heteroatoms. The number of benzene rings is 1. The predicted octanol–water partition coefficient (Wildman–Crippen LogP) is 2.70. The second-order valence-electron chi connectivity index (χ2n) is 5.15. The first kappa shape index (κ1) is 12.9. The summed E-state index contributed by atoms with van der Waals surface area (Å²) in [5.41, 5.74) is 1.68. The molecule has 0 amide bonds. The van der Waals surface area contributed by atoms with E-state index in [0.717, 1.165) is 24.3 Å². The number of nitrogens with zero attached hydrogens (tertiary/aromatic N) is 2. The highest BCUT2D eigenvalue weighted by Gasteiger charge is 2.14. The fraction of sp³-hybridized carbons (Fsp3) is 0.533. The third kappa shape index (κ3) is 3.48. The molecule has 1 fully saturated rings. The molecule has 0 saturated carbocycles. The van der Waals surface area contributed by atoms with E-state index in [1.807, 2.05) is 24.3 Å². The Morgan fingerprint density at radius 2 is 2.06 bits per heavy atom. The van der Waals surface area contributed by atoms with Gasteiger partial charge in [-0.05, 0) is 44.0 Å². The highest BCUT2D eigenvalue weighted by Crippen LogP contribution is 2.15. The molecule has 1 atom stereocenters. The van der Waals surface area contributed by atoms with Crippen LogP contribution in [0.15, 0.2) is 24.3 Å². The number of nitriles is 1. The van der Waals surface area contributed by atoms with Gasteiger partial charge in [0.2, 0.25) is 0 Å². The van der Waals surface area contributed by atoms with Crippen molar-refractivity contribution in [3.8, 4) is 6.07 Å². The van der Waals surface area contributed by atoms with Gasteiger partial charge in [0.1, 0.15) is 6.07 Å². The van der Waals surface area contributed by atoms with Gasteiger partial charge in [0.05, 0.1) is 11.3 Å². The minimum Gasteiger partial charge on any atom is -0.384 e. The van der Waals surface area contributed by atoms with Crippen LogP contribution in [0.5, 0.6) is 0 Å². The molecule has 0 aromatic heterocycles. The van der Waals surface area contributed by atoms with Crippen LogP contribution in [0.1, 0.15) is 25.3 Å².